The van der Waals surface area contributed by atoms with Crippen LogP contribution in [-0.4, -0.2) is 31.8 Å². The average Bonchev–Trinajstić information content (AvgIpc) is 3.25. The molecule has 33 heavy (non-hydrogen) atoms. The predicted octanol–water partition coefficient (Wildman–Crippen LogP) is 3.23. The summed E-state index contributed by atoms with van der Waals surface area (Å²) in [4.78, 5) is 29.7. The van der Waals surface area contributed by atoms with Gasteiger partial charge < -0.3 is 14.6 Å². The molecule has 168 valence electrons. The first-order valence-corrected chi connectivity index (χ1v) is 10.7. The maximum Gasteiger partial charge on any atom is 0.272 e. The van der Waals surface area contributed by atoms with E-state index in [0.717, 1.165) is 5.56 Å². The van der Waals surface area contributed by atoms with Crippen LogP contribution in [0.15, 0.2) is 83.9 Å². The SMILES string of the molecule is Cn1ccnc1[C@H](NC(=O)c1ccc(=O)n(CCOc2ccccc2)n1)c1ccc(Cl)cc1. The highest BCUT2D eigenvalue weighted by atomic mass is 35.5. The number of aromatic nitrogens is 4. The van der Waals surface area contributed by atoms with E-state index in [1.165, 1.54) is 16.8 Å². The Morgan fingerprint density at radius 3 is 2.55 bits per heavy atom. The van der Waals surface area contributed by atoms with Gasteiger partial charge in [-0.1, -0.05) is 41.9 Å². The smallest absolute Gasteiger partial charge is 0.272 e. The van der Waals surface area contributed by atoms with Gasteiger partial charge >= 0.3 is 0 Å². The molecule has 0 unspecified atom stereocenters. The standard InChI is InChI=1S/C24H22ClN5O3/c1-29-14-13-26-23(29)22(17-7-9-18(25)10-8-17)27-24(32)20-11-12-21(31)30(28-20)15-16-33-19-5-3-2-4-6-19/h2-14,22H,15-16H2,1H3,(H,27,32)/t22-/m1/s1. The van der Waals surface area contributed by atoms with Crippen molar-refractivity contribution < 1.29 is 9.53 Å². The number of benzene rings is 2. The number of aryl methyl sites for hydroxylation is 1. The van der Waals surface area contributed by atoms with Gasteiger partial charge in [0, 0.05) is 30.5 Å². The van der Waals surface area contributed by atoms with Crippen molar-refractivity contribution in [2.75, 3.05) is 6.61 Å². The van der Waals surface area contributed by atoms with E-state index in [1.807, 2.05) is 54.1 Å². The van der Waals surface area contributed by atoms with Gasteiger partial charge in [-0.05, 0) is 35.9 Å². The van der Waals surface area contributed by atoms with Crippen LogP contribution >= 0.6 is 11.6 Å². The average molecular weight is 464 g/mol. The van der Waals surface area contributed by atoms with E-state index in [0.29, 0.717) is 16.6 Å². The Morgan fingerprint density at radius 2 is 1.85 bits per heavy atom. The lowest BCUT2D eigenvalue weighted by molar-refractivity contribution is 0.0933. The first-order chi connectivity index (χ1) is 16.0. The minimum absolute atomic E-state index is 0.113. The molecule has 2 aromatic heterocycles. The van der Waals surface area contributed by atoms with Crippen molar-refractivity contribution in [2.24, 2.45) is 7.05 Å². The molecule has 4 rings (SSSR count). The van der Waals surface area contributed by atoms with Crippen LogP contribution in [0.1, 0.15) is 27.9 Å². The van der Waals surface area contributed by atoms with Crippen molar-refractivity contribution in [3.63, 3.8) is 0 Å². The second kappa shape index (κ2) is 10.1. The van der Waals surface area contributed by atoms with Crippen molar-refractivity contribution >= 4 is 17.5 Å². The van der Waals surface area contributed by atoms with E-state index in [4.69, 9.17) is 16.3 Å². The fraction of sp³-hybridized carbons (Fsp3) is 0.167. The van der Waals surface area contributed by atoms with Crippen LogP contribution in [0.2, 0.25) is 5.02 Å². The van der Waals surface area contributed by atoms with Gasteiger partial charge in [-0.25, -0.2) is 9.67 Å². The van der Waals surface area contributed by atoms with Crippen LogP contribution in [0.5, 0.6) is 5.75 Å². The zero-order valence-electron chi connectivity index (χ0n) is 17.9. The number of para-hydroxylation sites is 1. The third-order valence-corrected chi connectivity index (χ3v) is 5.26. The minimum Gasteiger partial charge on any atom is -0.492 e. The Kier molecular flexibility index (Phi) is 6.85. The summed E-state index contributed by atoms with van der Waals surface area (Å²) < 4.78 is 8.68. The highest BCUT2D eigenvalue weighted by molar-refractivity contribution is 6.30. The highest BCUT2D eigenvalue weighted by Gasteiger charge is 2.22. The topological polar surface area (TPSA) is 91.0 Å². The maximum absolute atomic E-state index is 13.1. The number of carbonyl (C=O) groups excluding carboxylic acids is 1. The van der Waals surface area contributed by atoms with Crippen LogP contribution in [0.3, 0.4) is 0 Å². The maximum atomic E-state index is 13.1. The van der Waals surface area contributed by atoms with Crippen molar-refractivity contribution in [3.05, 3.63) is 112 Å². The fourth-order valence-corrected chi connectivity index (χ4v) is 3.44. The monoisotopic (exact) mass is 463 g/mol. The number of nitrogens with zero attached hydrogens (tertiary/aromatic N) is 4. The molecule has 0 radical (unpaired) electrons. The molecule has 0 aliphatic heterocycles. The lowest BCUT2D eigenvalue weighted by Gasteiger charge is -2.19. The number of nitrogens with one attached hydrogen (secondary N) is 1. The molecule has 0 saturated carbocycles. The lowest BCUT2D eigenvalue weighted by atomic mass is 10.1. The van der Waals surface area contributed by atoms with Crippen LogP contribution in [0.4, 0.5) is 0 Å². The summed E-state index contributed by atoms with van der Waals surface area (Å²) in [7, 11) is 1.85. The van der Waals surface area contributed by atoms with Crippen LogP contribution in [0.25, 0.3) is 0 Å². The highest BCUT2D eigenvalue weighted by Crippen LogP contribution is 2.22. The van der Waals surface area contributed by atoms with Gasteiger partial charge in [-0.2, -0.15) is 5.10 Å². The van der Waals surface area contributed by atoms with Gasteiger partial charge in [0.1, 0.15) is 29.9 Å². The molecule has 2 aromatic carbocycles. The molecule has 0 saturated heterocycles. The summed E-state index contributed by atoms with van der Waals surface area (Å²) in [6.07, 6.45) is 3.46. The number of imidazole rings is 1. The summed E-state index contributed by atoms with van der Waals surface area (Å²) in [6, 6.07) is 18.6. The zero-order chi connectivity index (χ0) is 23.2. The van der Waals surface area contributed by atoms with Crippen molar-refractivity contribution in [1.29, 1.82) is 0 Å². The van der Waals surface area contributed by atoms with Gasteiger partial charge in [0.15, 0.2) is 0 Å². The van der Waals surface area contributed by atoms with Gasteiger partial charge in [-0.3, -0.25) is 9.59 Å². The predicted molar refractivity (Wildman–Crippen MR) is 124 cm³/mol. The van der Waals surface area contributed by atoms with Crippen LogP contribution in [0, 0.1) is 0 Å². The van der Waals surface area contributed by atoms with Crippen molar-refractivity contribution in [3.8, 4) is 5.75 Å². The molecule has 1 atom stereocenters. The molecule has 0 fully saturated rings. The summed E-state index contributed by atoms with van der Waals surface area (Å²) in [5.74, 6) is 0.909. The molecule has 0 aliphatic rings. The summed E-state index contributed by atoms with van der Waals surface area (Å²) in [5.41, 5.74) is 0.607. The van der Waals surface area contributed by atoms with Crippen LogP contribution in [-0.2, 0) is 13.6 Å². The molecule has 0 aliphatic carbocycles. The van der Waals surface area contributed by atoms with E-state index in [-0.39, 0.29) is 24.4 Å². The number of carbonyl (C=O) groups is 1. The normalized spacial score (nSPS) is 11.7. The van der Waals surface area contributed by atoms with Crippen LogP contribution < -0.4 is 15.6 Å². The second-order valence-electron chi connectivity index (χ2n) is 7.30. The van der Waals surface area contributed by atoms with E-state index in [9.17, 15) is 9.59 Å². The van der Waals surface area contributed by atoms with Gasteiger partial charge in [0.2, 0.25) is 0 Å². The quantitative estimate of drug-likeness (QED) is 0.433. The molecule has 1 amide bonds. The Morgan fingerprint density at radius 1 is 1.09 bits per heavy atom. The molecule has 0 spiro atoms. The minimum atomic E-state index is -0.529. The van der Waals surface area contributed by atoms with Gasteiger partial charge in [-0.15, -0.1) is 0 Å². The van der Waals surface area contributed by atoms with Gasteiger partial charge in [0.25, 0.3) is 11.5 Å². The number of rotatable bonds is 8. The molecule has 9 heteroatoms. The Balaban J connectivity index is 1.52. The molecule has 4 aromatic rings. The first-order valence-electron chi connectivity index (χ1n) is 10.3. The molecular formula is C24H22ClN5O3. The fourth-order valence-electron chi connectivity index (χ4n) is 3.31. The van der Waals surface area contributed by atoms with E-state index < -0.39 is 11.9 Å². The molecule has 2 heterocycles. The third-order valence-electron chi connectivity index (χ3n) is 5.01. The Bertz CT molecular complexity index is 1290. The third kappa shape index (κ3) is 5.48. The largest absolute Gasteiger partial charge is 0.492 e. The summed E-state index contributed by atoms with van der Waals surface area (Å²) >= 11 is 6.03. The second-order valence-corrected chi connectivity index (χ2v) is 7.73. The van der Waals surface area contributed by atoms with Crippen molar-refractivity contribution in [1.82, 2.24) is 24.6 Å². The molecule has 0 bridgehead atoms. The molecular weight excluding hydrogens is 442 g/mol. The zero-order valence-corrected chi connectivity index (χ0v) is 18.6. The molecule has 1 N–H and O–H groups in total. The first kappa shape index (κ1) is 22.3. The Hall–Kier alpha value is -3.91. The number of ether oxygens (including phenoxy) is 1. The van der Waals surface area contributed by atoms with Gasteiger partial charge in [0.05, 0.1) is 6.54 Å². The number of hydrogen-bond acceptors (Lipinski definition) is 5. The summed E-state index contributed by atoms with van der Waals surface area (Å²) in [6.45, 7) is 0.442. The molecule has 8 nitrogen and oxygen atoms in total. The number of halogens is 1. The Labute approximate surface area is 195 Å². The van der Waals surface area contributed by atoms with Crippen molar-refractivity contribution in [2.45, 2.75) is 12.6 Å². The summed E-state index contributed by atoms with van der Waals surface area (Å²) in [5, 5.41) is 7.79. The van der Waals surface area contributed by atoms with E-state index >= 15 is 0 Å². The van der Waals surface area contributed by atoms with E-state index in [2.05, 4.69) is 15.4 Å². The van der Waals surface area contributed by atoms with E-state index in [1.54, 1.807) is 24.5 Å². The number of amides is 1. The lowest BCUT2D eigenvalue weighted by Crippen LogP contribution is -2.34. The number of hydrogen-bond donors (Lipinski definition) is 1.